The lowest BCUT2D eigenvalue weighted by Gasteiger charge is -2.06. The van der Waals surface area contributed by atoms with Gasteiger partial charge in [-0.2, -0.15) is 0 Å². The Morgan fingerprint density at radius 2 is 1.85 bits per heavy atom. The van der Waals surface area contributed by atoms with Gasteiger partial charge in [0, 0.05) is 5.33 Å². The van der Waals surface area contributed by atoms with E-state index < -0.39 is 0 Å². The van der Waals surface area contributed by atoms with E-state index in [1.807, 2.05) is 0 Å². The van der Waals surface area contributed by atoms with Gasteiger partial charge in [0.05, 0.1) is 0 Å². The molecule has 0 heterocycles. The fourth-order valence-electron chi connectivity index (χ4n) is 1.62. The van der Waals surface area contributed by atoms with Crippen LogP contribution in [-0.4, -0.2) is 7.85 Å². The van der Waals surface area contributed by atoms with E-state index in [1.54, 1.807) is 0 Å². The Labute approximate surface area is 87.5 Å². The number of rotatable bonds is 1. The summed E-state index contributed by atoms with van der Waals surface area (Å²) in [6.45, 7) is 0. The Morgan fingerprint density at radius 3 is 2.62 bits per heavy atom. The Balaban J connectivity index is 2.79. The summed E-state index contributed by atoms with van der Waals surface area (Å²) in [5.41, 5.74) is 2.76. The quantitative estimate of drug-likeness (QED) is 0.521. The van der Waals surface area contributed by atoms with Gasteiger partial charge in [0.1, 0.15) is 7.85 Å². The van der Waals surface area contributed by atoms with Crippen molar-refractivity contribution in [1.29, 1.82) is 0 Å². The monoisotopic (exact) mass is 232 g/mol. The summed E-state index contributed by atoms with van der Waals surface area (Å²) in [5.74, 6) is 0. The number of hydrogen-bond donors (Lipinski definition) is 0. The molecule has 0 aromatic heterocycles. The van der Waals surface area contributed by atoms with E-state index in [0.717, 1.165) is 5.33 Å². The predicted molar refractivity (Wildman–Crippen MR) is 64.8 cm³/mol. The molecule has 0 amide bonds. The van der Waals surface area contributed by atoms with Crippen LogP contribution in [-0.2, 0) is 5.33 Å². The van der Waals surface area contributed by atoms with Crippen LogP contribution in [0, 0.1) is 0 Å². The molecule has 0 fully saturated rings. The van der Waals surface area contributed by atoms with E-state index in [0.29, 0.717) is 0 Å². The van der Waals surface area contributed by atoms with E-state index in [1.165, 1.54) is 21.8 Å². The third kappa shape index (κ3) is 1.51. The Hall–Kier alpha value is -0.755. The summed E-state index contributed by atoms with van der Waals surface area (Å²) < 4.78 is 0. The summed E-state index contributed by atoms with van der Waals surface area (Å²) in [7, 11) is 2.18. The van der Waals surface area contributed by atoms with Crippen molar-refractivity contribution >= 4 is 40.0 Å². The minimum atomic E-state index is 0.934. The average molecular weight is 233 g/mol. The van der Waals surface area contributed by atoms with Crippen molar-refractivity contribution in [3.63, 3.8) is 0 Å². The van der Waals surface area contributed by atoms with Gasteiger partial charge in [-0.1, -0.05) is 57.8 Å². The van der Waals surface area contributed by atoms with Crippen molar-refractivity contribution in [2.24, 2.45) is 0 Å². The van der Waals surface area contributed by atoms with Gasteiger partial charge in [-0.25, -0.2) is 0 Å². The first-order valence-corrected chi connectivity index (χ1v) is 5.48. The minimum Gasteiger partial charge on any atom is -0.0877 e. The molecule has 2 heteroatoms. The van der Waals surface area contributed by atoms with Gasteiger partial charge in [-0.05, 0) is 16.3 Å². The van der Waals surface area contributed by atoms with Crippen molar-refractivity contribution in [3.8, 4) is 0 Å². The Bertz CT molecular complexity index is 437. The first-order valence-electron chi connectivity index (χ1n) is 4.36. The van der Waals surface area contributed by atoms with Gasteiger partial charge in [-0.3, -0.25) is 0 Å². The van der Waals surface area contributed by atoms with Crippen LogP contribution in [0.15, 0.2) is 36.4 Å². The molecule has 0 unspecified atom stereocenters. The van der Waals surface area contributed by atoms with E-state index in [4.69, 9.17) is 0 Å². The standard InChI is InChI=1S/C11H10BBr/c12-11-9(7-13)6-5-8-3-1-2-4-10(8)11/h1-6H,7,12H2. The summed E-state index contributed by atoms with van der Waals surface area (Å²) in [4.78, 5) is 0. The van der Waals surface area contributed by atoms with E-state index >= 15 is 0 Å². The lowest BCUT2D eigenvalue weighted by molar-refractivity contribution is 1.50. The van der Waals surface area contributed by atoms with Crippen LogP contribution in [0.1, 0.15) is 5.56 Å². The average Bonchev–Trinajstić information content (AvgIpc) is 2.19. The molecule has 0 radical (unpaired) electrons. The normalized spacial score (nSPS) is 10.5. The van der Waals surface area contributed by atoms with E-state index in [2.05, 4.69) is 60.2 Å². The molecule has 0 nitrogen and oxygen atoms in total. The van der Waals surface area contributed by atoms with Gasteiger partial charge >= 0.3 is 0 Å². The molecule has 0 spiro atoms. The molecule has 0 aliphatic rings. The second-order valence-electron chi connectivity index (χ2n) is 3.20. The fraction of sp³-hybridized carbons (Fsp3) is 0.0909. The molecule has 2 rings (SSSR count). The van der Waals surface area contributed by atoms with Crippen LogP contribution < -0.4 is 5.46 Å². The number of fused-ring (bicyclic) bond motifs is 1. The maximum atomic E-state index is 3.49. The van der Waals surface area contributed by atoms with Gasteiger partial charge in [0.25, 0.3) is 0 Å². The molecule has 0 saturated carbocycles. The lowest BCUT2D eigenvalue weighted by atomic mass is 9.86. The second kappa shape index (κ2) is 3.55. The maximum absolute atomic E-state index is 3.49. The molecule has 2 aromatic rings. The fourth-order valence-corrected chi connectivity index (χ4v) is 2.22. The Morgan fingerprint density at radius 1 is 1.08 bits per heavy atom. The highest BCUT2D eigenvalue weighted by molar-refractivity contribution is 9.08. The smallest absolute Gasteiger partial charge is 0.0877 e. The highest BCUT2D eigenvalue weighted by Gasteiger charge is 2.00. The molecule has 0 atom stereocenters. The number of alkyl halides is 1. The topological polar surface area (TPSA) is 0 Å². The van der Waals surface area contributed by atoms with Crippen molar-refractivity contribution in [2.75, 3.05) is 0 Å². The van der Waals surface area contributed by atoms with Gasteiger partial charge < -0.3 is 0 Å². The van der Waals surface area contributed by atoms with Gasteiger partial charge in [0.2, 0.25) is 0 Å². The largest absolute Gasteiger partial charge is 0.140 e. The highest BCUT2D eigenvalue weighted by atomic mass is 79.9. The summed E-state index contributed by atoms with van der Waals surface area (Å²) >= 11 is 3.49. The zero-order valence-corrected chi connectivity index (χ0v) is 9.14. The van der Waals surface area contributed by atoms with E-state index in [-0.39, 0.29) is 0 Å². The summed E-state index contributed by atoms with van der Waals surface area (Å²) in [6, 6.07) is 12.9. The molecule has 2 aromatic carbocycles. The van der Waals surface area contributed by atoms with Crippen molar-refractivity contribution in [3.05, 3.63) is 42.0 Å². The molecule has 0 saturated heterocycles. The van der Waals surface area contributed by atoms with E-state index in [9.17, 15) is 0 Å². The maximum Gasteiger partial charge on any atom is 0.140 e. The SMILES string of the molecule is Bc1c(CBr)ccc2ccccc12. The zero-order chi connectivity index (χ0) is 9.26. The molecule has 64 valence electrons. The lowest BCUT2D eigenvalue weighted by Crippen LogP contribution is -2.09. The second-order valence-corrected chi connectivity index (χ2v) is 3.77. The molecule has 0 bridgehead atoms. The Kier molecular flexibility index (Phi) is 2.41. The molecule has 0 N–H and O–H groups in total. The van der Waals surface area contributed by atoms with Crippen LogP contribution >= 0.6 is 15.9 Å². The first kappa shape index (κ1) is 8.83. The molecular formula is C11H10BBr. The first-order chi connectivity index (χ1) is 6.33. The molecule has 0 aliphatic carbocycles. The van der Waals surface area contributed by atoms with Crippen LogP contribution in [0.2, 0.25) is 0 Å². The van der Waals surface area contributed by atoms with Crippen LogP contribution in [0.4, 0.5) is 0 Å². The van der Waals surface area contributed by atoms with Crippen molar-refractivity contribution in [2.45, 2.75) is 5.33 Å². The summed E-state index contributed by atoms with van der Waals surface area (Å²) in [5, 5.41) is 3.62. The number of halogens is 1. The van der Waals surface area contributed by atoms with Crippen molar-refractivity contribution in [1.82, 2.24) is 0 Å². The summed E-state index contributed by atoms with van der Waals surface area (Å²) in [6.07, 6.45) is 0. The predicted octanol–water partition coefficient (Wildman–Crippen LogP) is 1.99. The van der Waals surface area contributed by atoms with Gasteiger partial charge in [0.15, 0.2) is 0 Å². The molecule has 0 aliphatic heterocycles. The van der Waals surface area contributed by atoms with Crippen molar-refractivity contribution < 1.29 is 0 Å². The van der Waals surface area contributed by atoms with Crippen LogP contribution in [0.3, 0.4) is 0 Å². The third-order valence-corrected chi connectivity index (χ3v) is 3.06. The third-order valence-electron chi connectivity index (χ3n) is 2.45. The number of benzene rings is 2. The zero-order valence-electron chi connectivity index (χ0n) is 7.55. The van der Waals surface area contributed by atoms with Crippen LogP contribution in [0.25, 0.3) is 10.8 Å². The molecule has 13 heavy (non-hydrogen) atoms. The molecular weight excluding hydrogens is 223 g/mol. The van der Waals surface area contributed by atoms with Gasteiger partial charge in [-0.15, -0.1) is 0 Å². The number of hydrogen-bond acceptors (Lipinski definition) is 0. The highest BCUT2D eigenvalue weighted by Crippen LogP contribution is 2.14. The van der Waals surface area contributed by atoms with Crippen LogP contribution in [0.5, 0.6) is 0 Å². The minimum absolute atomic E-state index is 0.934.